The zero-order valence-electron chi connectivity index (χ0n) is 10.9. The quantitative estimate of drug-likeness (QED) is 0.870. The minimum atomic E-state index is -0.278. The molecule has 0 saturated carbocycles. The summed E-state index contributed by atoms with van der Waals surface area (Å²) >= 11 is 0. The standard InChI is InChI=1S/C14H20N2O2/c1-14(2)10-16(8-12(14)15)13(17)18-9-11-6-4-3-5-7-11/h3-7,12H,8-10,15H2,1-2H3. The fourth-order valence-corrected chi connectivity index (χ4v) is 2.11. The van der Waals surface area contributed by atoms with E-state index >= 15 is 0 Å². The van der Waals surface area contributed by atoms with Crippen LogP contribution in [-0.2, 0) is 11.3 Å². The maximum atomic E-state index is 11.9. The first-order chi connectivity index (χ1) is 8.49. The lowest BCUT2D eigenvalue weighted by Gasteiger charge is -2.21. The number of hydrogen-bond donors (Lipinski definition) is 1. The van der Waals surface area contributed by atoms with Crippen molar-refractivity contribution in [1.82, 2.24) is 4.90 Å². The van der Waals surface area contributed by atoms with E-state index in [4.69, 9.17) is 10.5 Å². The van der Waals surface area contributed by atoms with Crippen LogP contribution in [0.2, 0.25) is 0 Å². The molecule has 1 unspecified atom stereocenters. The number of benzene rings is 1. The summed E-state index contributed by atoms with van der Waals surface area (Å²) in [4.78, 5) is 13.6. The van der Waals surface area contributed by atoms with Gasteiger partial charge in [0.1, 0.15) is 6.61 Å². The van der Waals surface area contributed by atoms with E-state index in [2.05, 4.69) is 13.8 Å². The Balaban J connectivity index is 1.87. The summed E-state index contributed by atoms with van der Waals surface area (Å²) in [5.41, 5.74) is 6.96. The van der Waals surface area contributed by atoms with Gasteiger partial charge in [0.05, 0.1) is 0 Å². The molecule has 0 bridgehead atoms. The summed E-state index contributed by atoms with van der Waals surface area (Å²) < 4.78 is 5.29. The molecular formula is C14H20N2O2. The van der Waals surface area contributed by atoms with Gasteiger partial charge in [-0.3, -0.25) is 0 Å². The number of carbonyl (C=O) groups excluding carboxylic acids is 1. The third-order valence-corrected chi connectivity index (χ3v) is 3.48. The van der Waals surface area contributed by atoms with Crippen LogP contribution in [0.25, 0.3) is 0 Å². The summed E-state index contributed by atoms with van der Waals surface area (Å²) in [5.74, 6) is 0. The number of hydrogen-bond acceptors (Lipinski definition) is 3. The van der Waals surface area contributed by atoms with E-state index in [1.807, 2.05) is 30.3 Å². The van der Waals surface area contributed by atoms with Crippen molar-refractivity contribution in [3.8, 4) is 0 Å². The molecule has 98 valence electrons. The first-order valence-electron chi connectivity index (χ1n) is 6.20. The Morgan fingerprint density at radius 1 is 1.44 bits per heavy atom. The smallest absolute Gasteiger partial charge is 0.410 e. The molecule has 2 rings (SSSR count). The molecule has 1 aromatic rings. The largest absolute Gasteiger partial charge is 0.445 e. The highest BCUT2D eigenvalue weighted by molar-refractivity contribution is 5.68. The van der Waals surface area contributed by atoms with Crippen molar-refractivity contribution in [2.24, 2.45) is 11.1 Å². The Bertz CT molecular complexity index is 417. The van der Waals surface area contributed by atoms with Gasteiger partial charge < -0.3 is 15.4 Å². The van der Waals surface area contributed by atoms with Gasteiger partial charge in [-0.05, 0) is 11.0 Å². The fourth-order valence-electron chi connectivity index (χ4n) is 2.11. The highest BCUT2D eigenvalue weighted by Gasteiger charge is 2.39. The van der Waals surface area contributed by atoms with Crippen LogP contribution in [0.4, 0.5) is 4.79 Å². The highest BCUT2D eigenvalue weighted by Crippen LogP contribution is 2.28. The summed E-state index contributed by atoms with van der Waals surface area (Å²) in [5, 5.41) is 0. The Labute approximate surface area is 108 Å². The van der Waals surface area contributed by atoms with Gasteiger partial charge in [-0.1, -0.05) is 44.2 Å². The third kappa shape index (κ3) is 2.82. The molecule has 4 heteroatoms. The molecule has 1 amide bonds. The highest BCUT2D eigenvalue weighted by atomic mass is 16.6. The molecule has 2 N–H and O–H groups in total. The van der Waals surface area contributed by atoms with Crippen LogP contribution in [0, 0.1) is 5.41 Å². The van der Waals surface area contributed by atoms with Gasteiger partial charge in [0, 0.05) is 19.1 Å². The number of rotatable bonds is 2. The first kappa shape index (κ1) is 12.9. The van der Waals surface area contributed by atoms with Gasteiger partial charge in [-0.15, -0.1) is 0 Å². The average Bonchev–Trinajstić information content (AvgIpc) is 2.62. The molecule has 1 saturated heterocycles. The summed E-state index contributed by atoms with van der Waals surface area (Å²) in [6, 6.07) is 9.69. The Morgan fingerprint density at radius 2 is 2.11 bits per heavy atom. The van der Waals surface area contributed by atoms with E-state index in [9.17, 15) is 4.79 Å². The maximum Gasteiger partial charge on any atom is 0.410 e. The van der Waals surface area contributed by atoms with Gasteiger partial charge in [-0.25, -0.2) is 4.79 Å². The predicted molar refractivity (Wildman–Crippen MR) is 70.0 cm³/mol. The van der Waals surface area contributed by atoms with E-state index in [1.54, 1.807) is 4.90 Å². The number of nitrogens with two attached hydrogens (primary N) is 1. The SMILES string of the molecule is CC1(C)CN(C(=O)OCc2ccccc2)CC1N. The lowest BCUT2D eigenvalue weighted by Crippen LogP contribution is -2.35. The van der Waals surface area contributed by atoms with E-state index in [1.165, 1.54) is 0 Å². The van der Waals surface area contributed by atoms with Crippen LogP contribution in [0.3, 0.4) is 0 Å². The molecular weight excluding hydrogens is 228 g/mol. The molecule has 18 heavy (non-hydrogen) atoms. The Morgan fingerprint density at radius 3 is 2.67 bits per heavy atom. The van der Waals surface area contributed by atoms with Crippen LogP contribution in [0.5, 0.6) is 0 Å². The van der Waals surface area contributed by atoms with E-state index < -0.39 is 0 Å². The van der Waals surface area contributed by atoms with Crippen molar-refractivity contribution in [2.45, 2.75) is 26.5 Å². The van der Waals surface area contributed by atoms with Crippen molar-refractivity contribution in [3.63, 3.8) is 0 Å². The van der Waals surface area contributed by atoms with Crippen LogP contribution >= 0.6 is 0 Å². The minimum absolute atomic E-state index is 0.0155. The second kappa shape index (κ2) is 4.98. The first-order valence-corrected chi connectivity index (χ1v) is 6.20. The molecule has 0 aromatic heterocycles. The minimum Gasteiger partial charge on any atom is -0.445 e. The molecule has 1 fully saturated rings. The lowest BCUT2D eigenvalue weighted by atomic mass is 9.89. The number of amides is 1. The van der Waals surface area contributed by atoms with Gasteiger partial charge >= 0.3 is 6.09 Å². The molecule has 1 aromatic carbocycles. The molecule has 4 nitrogen and oxygen atoms in total. The maximum absolute atomic E-state index is 11.9. The average molecular weight is 248 g/mol. The Kier molecular flexibility index (Phi) is 3.57. The molecule has 1 aliphatic rings. The zero-order chi connectivity index (χ0) is 13.2. The van der Waals surface area contributed by atoms with Crippen molar-refractivity contribution < 1.29 is 9.53 Å². The summed E-state index contributed by atoms with van der Waals surface area (Å²) in [6.45, 7) is 5.68. The molecule has 0 aliphatic carbocycles. The number of nitrogens with zero attached hydrogens (tertiary/aromatic N) is 1. The van der Waals surface area contributed by atoms with Crippen LogP contribution in [0.15, 0.2) is 30.3 Å². The molecule has 1 atom stereocenters. The molecule has 0 radical (unpaired) electrons. The van der Waals surface area contributed by atoms with Gasteiger partial charge in [-0.2, -0.15) is 0 Å². The van der Waals surface area contributed by atoms with E-state index in [0.29, 0.717) is 19.7 Å². The monoisotopic (exact) mass is 248 g/mol. The van der Waals surface area contributed by atoms with E-state index in [-0.39, 0.29) is 17.6 Å². The Hall–Kier alpha value is -1.55. The van der Waals surface area contributed by atoms with E-state index in [0.717, 1.165) is 5.56 Å². The number of likely N-dealkylation sites (tertiary alicyclic amines) is 1. The fraction of sp³-hybridized carbons (Fsp3) is 0.500. The topological polar surface area (TPSA) is 55.6 Å². The molecule has 1 aliphatic heterocycles. The summed E-state index contributed by atoms with van der Waals surface area (Å²) in [7, 11) is 0. The predicted octanol–water partition coefficient (Wildman–Crippen LogP) is 1.99. The van der Waals surface area contributed by atoms with Crippen LogP contribution in [-0.4, -0.2) is 30.1 Å². The van der Waals surface area contributed by atoms with Crippen molar-refractivity contribution in [2.75, 3.05) is 13.1 Å². The van der Waals surface area contributed by atoms with Crippen molar-refractivity contribution in [1.29, 1.82) is 0 Å². The van der Waals surface area contributed by atoms with Crippen LogP contribution < -0.4 is 5.73 Å². The molecule has 1 heterocycles. The lowest BCUT2D eigenvalue weighted by molar-refractivity contribution is 0.101. The van der Waals surface area contributed by atoms with Gasteiger partial charge in [0.2, 0.25) is 0 Å². The van der Waals surface area contributed by atoms with Crippen LogP contribution in [0.1, 0.15) is 19.4 Å². The third-order valence-electron chi connectivity index (χ3n) is 3.48. The van der Waals surface area contributed by atoms with Gasteiger partial charge in [0.15, 0.2) is 0 Å². The number of ether oxygens (including phenoxy) is 1. The zero-order valence-corrected chi connectivity index (χ0v) is 10.9. The normalized spacial score (nSPS) is 21.9. The van der Waals surface area contributed by atoms with Crippen molar-refractivity contribution in [3.05, 3.63) is 35.9 Å². The summed E-state index contributed by atoms with van der Waals surface area (Å²) in [6.07, 6.45) is -0.278. The second-order valence-corrected chi connectivity index (χ2v) is 5.52. The molecule has 0 spiro atoms. The van der Waals surface area contributed by atoms with Gasteiger partial charge in [0.25, 0.3) is 0 Å². The second-order valence-electron chi connectivity index (χ2n) is 5.52. The number of carbonyl (C=O) groups is 1. The van der Waals surface area contributed by atoms with Crippen molar-refractivity contribution >= 4 is 6.09 Å².